The molecule has 0 spiro atoms. The summed E-state index contributed by atoms with van der Waals surface area (Å²) in [5.74, 6) is 0.998. The van der Waals surface area contributed by atoms with E-state index < -0.39 is 15.6 Å². The van der Waals surface area contributed by atoms with Gasteiger partial charge >= 0.3 is 0 Å². The third-order valence-corrected chi connectivity index (χ3v) is 5.93. The van der Waals surface area contributed by atoms with E-state index in [2.05, 4.69) is 9.71 Å². The van der Waals surface area contributed by atoms with Crippen LogP contribution in [0.5, 0.6) is 11.5 Å². The minimum atomic E-state index is -4.11. The fourth-order valence-electron chi connectivity index (χ4n) is 2.59. The molecule has 130 valence electrons. The number of fused-ring (bicyclic) bond motifs is 2. The molecule has 10 heteroatoms. The number of anilines is 1. The van der Waals surface area contributed by atoms with Crippen molar-refractivity contribution in [2.75, 3.05) is 17.9 Å². The van der Waals surface area contributed by atoms with E-state index in [-0.39, 0.29) is 16.3 Å². The number of aromatic nitrogens is 2. The molecule has 0 radical (unpaired) electrons. The Morgan fingerprint density at radius 3 is 2.80 bits per heavy atom. The highest BCUT2D eigenvalue weighted by Crippen LogP contribution is 2.33. The number of benzene rings is 1. The van der Waals surface area contributed by atoms with Gasteiger partial charge in [-0.1, -0.05) is 0 Å². The molecule has 2 aromatic heterocycles. The molecule has 1 N–H and O–H groups in total. The van der Waals surface area contributed by atoms with Gasteiger partial charge in [0.15, 0.2) is 21.4 Å². The summed E-state index contributed by atoms with van der Waals surface area (Å²) in [5, 5.41) is 1.67. The van der Waals surface area contributed by atoms with Crippen LogP contribution in [0.1, 0.15) is 5.69 Å². The van der Waals surface area contributed by atoms with Gasteiger partial charge in [-0.3, -0.25) is 13.9 Å². The van der Waals surface area contributed by atoms with Gasteiger partial charge < -0.3 is 9.47 Å². The Kier molecular flexibility index (Phi) is 3.65. The van der Waals surface area contributed by atoms with Gasteiger partial charge in [0.2, 0.25) is 0 Å². The van der Waals surface area contributed by atoms with Gasteiger partial charge in [0.1, 0.15) is 13.2 Å². The first-order valence-electron chi connectivity index (χ1n) is 7.35. The second-order valence-corrected chi connectivity index (χ2v) is 7.84. The summed E-state index contributed by atoms with van der Waals surface area (Å²) in [7, 11) is -4.11. The standard InChI is InChI=1S/C15H13N3O5S2/c1-9-13(14(19)18-4-7-24-15(18)16-9)25(20,21)17-10-2-3-11-12(8-10)23-6-5-22-11/h2-4,7-8,17H,5-6H2,1H3. The van der Waals surface area contributed by atoms with Gasteiger partial charge in [-0.05, 0) is 19.1 Å². The number of hydrogen-bond donors (Lipinski definition) is 1. The van der Waals surface area contributed by atoms with Crippen molar-refractivity contribution in [2.24, 2.45) is 0 Å². The molecular weight excluding hydrogens is 366 g/mol. The van der Waals surface area contributed by atoms with Crippen LogP contribution in [0, 0.1) is 6.92 Å². The van der Waals surface area contributed by atoms with E-state index in [9.17, 15) is 13.2 Å². The Balaban J connectivity index is 1.77. The highest BCUT2D eigenvalue weighted by Gasteiger charge is 2.25. The Bertz CT molecular complexity index is 1130. The summed E-state index contributed by atoms with van der Waals surface area (Å²) < 4.78 is 40.0. The zero-order valence-electron chi connectivity index (χ0n) is 13.1. The van der Waals surface area contributed by atoms with Gasteiger partial charge in [-0.25, -0.2) is 13.4 Å². The van der Waals surface area contributed by atoms with Crippen molar-refractivity contribution < 1.29 is 17.9 Å². The van der Waals surface area contributed by atoms with E-state index in [1.165, 1.54) is 34.9 Å². The molecule has 1 aliphatic rings. The maximum absolute atomic E-state index is 12.7. The third-order valence-electron chi connectivity index (χ3n) is 3.66. The van der Waals surface area contributed by atoms with Crippen molar-refractivity contribution in [3.63, 3.8) is 0 Å². The van der Waals surface area contributed by atoms with Crippen LogP contribution in [-0.4, -0.2) is 31.0 Å². The van der Waals surface area contributed by atoms with Crippen molar-refractivity contribution >= 4 is 32.0 Å². The summed E-state index contributed by atoms with van der Waals surface area (Å²) in [6.45, 7) is 2.34. The van der Waals surface area contributed by atoms with Crippen molar-refractivity contribution in [1.82, 2.24) is 9.38 Å². The van der Waals surface area contributed by atoms with E-state index in [0.29, 0.717) is 29.7 Å². The van der Waals surface area contributed by atoms with Gasteiger partial charge in [0.05, 0.1) is 11.4 Å². The molecule has 3 heterocycles. The summed E-state index contributed by atoms with van der Waals surface area (Å²) in [4.78, 5) is 16.8. The molecule has 0 fully saturated rings. The smallest absolute Gasteiger partial charge is 0.279 e. The third kappa shape index (κ3) is 2.72. The van der Waals surface area contributed by atoms with E-state index in [1.807, 2.05) is 0 Å². The number of aryl methyl sites for hydroxylation is 1. The largest absolute Gasteiger partial charge is 0.486 e. The van der Waals surface area contributed by atoms with Crippen molar-refractivity contribution in [1.29, 1.82) is 0 Å². The van der Waals surface area contributed by atoms with Crippen LogP contribution in [-0.2, 0) is 10.0 Å². The Hall–Kier alpha value is -2.59. The SMILES string of the molecule is Cc1nc2sccn2c(=O)c1S(=O)(=O)Nc1ccc2c(c1)OCCO2. The lowest BCUT2D eigenvalue weighted by atomic mass is 10.3. The average Bonchev–Trinajstić information content (AvgIpc) is 3.02. The lowest BCUT2D eigenvalue weighted by molar-refractivity contribution is 0.171. The highest BCUT2D eigenvalue weighted by atomic mass is 32.2. The number of nitrogens with one attached hydrogen (secondary N) is 1. The molecule has 0 amide bonds. The number of thiazole rings is 1. The first kappa shape index (κ1) is 15.9. The van der Waals surface area contributed by atoms with E-state index in [0.717, 1.165) is 0 Å². The molecule has 8 nitrogen and oxygen atoms in total. The van der Waals surface area contributed by atoms with E-state index in [4.69, 9.17) is 9.47 Å². The summed E-state index contributed by atoms with van der Waals surface area (Å²) in [6.07, 6.45) is 1.50. The number of nitrogens with zero attached hydrogens (tertiary/aromatic N) is 2. The van der Waals surface area contributed by atoms with E-state index >= 15 is 0 Å². The molecule has 0 bridgehead atoms. The number of rotatable bonds is 3. The van der Waals surface area contributed by atoms with Crippen LogP contribution in [0.2, 0.25) is 0 Å². The summed E-state index contributed by atoms with van der Waals surface area (Å²) in [6, 6.07) is 4.69. The monoisotopic (exact) mass is 379 g/mol. The number of hydrogen-bond acceptors (Lipinski definition) is 7. The second-order valence-electron chi connectivity index (χ2n) is 5.35. The van der Waals surface area contributed by atoms with Crippen molar-refractivity contribution in [2.45, 2.75) is 11.8 Å². The molecule has 0 saturated carbocycles. The van der Waals surface area contributed by atoms with Gasteiger partial charge in [0.25, 0.3) is 15.6 Å². The van der Waals surface area contributed by atoms with Crippen molar-refractivity contribution in [3.8, 4) is 11.5 Å². The molecule has 4 rings (SSSR count). The minimum absolute atomic E-state index is 0.150. The Morgan fingerprint density at radius 2 is 2.00 bits per heavy atom. The predicted octanol–water partition coefficient (Wildman–Crippen LogP) is 1.64. The second kappa shape index (κ2) is 5.74. The molecular formula is C15H13N3O5S2. The normalized spacial score (nSPS) is 13.8. The number of ether oxygens (including phenoxy) is 2. The molecule has 0 aliphatic carbocycles. The fraction of sp³-hybridized carbons (Fsp3) is 0.200. The maximum atomic E-state index is 12.7. The maximum Gasteiger partial charge on any atom is 0.279 e. The van der Waals surface area contributed by atoms with Crippen LogP contribution in [0.15, 0.2) is 39.5 Å². The van der Waals surface area contributed by atoms with Gasteiger partial charge in [-0.2, -0.15) is 0 Å². The van der Waals surface area contributed by atoms with Crippen molar-refractivity contribution in [3.05, 3.63) is 45.8 Å². The molecule has 3 aromatic rings. The Morgan fingerprint density at radius 1 is 1.24 bits per heavy atom. The molecule has 0 unspecified atom stereocenters. The zero-order chi connectivity index (χ0) is 17.6. The molecule has 25 heavy (non-hydrogen) atoms. The van der Waals surface area contributed by atoms with Crippen LogP contribution in [0.3, 0.4) is 0 Å². The highest BCUT2D eigenvalue weighted by molar-refractivity contribution is 7.92. The predicted molar refractivity (Wildman–Crippen MR) is 92.3 cm³/mol. The fourth-order valence-corrected chi connectivity index (χ4v) is 4.64. The number of sulfonamides is 1. The van der Waals surface area contributed by atoms with Gasteiger partial charge in [-0.15, -0.1) is 11.3 Å². The van der Waals surface area contributed by atoms with Crippen LogP contribution in [0.25, 0.3) is 4.96 Å². The molecule has 0 saturated heterocycles. The summed E-state index contributed by atoms with van der Waals surface area (Å²) in [5.41, 5.74) is -0.204. The minimum Gasteiger partial charge on any atom is -0.486 e. The van der Waals surface area contributed by atoms with Crippen LogP contribution in [0.4, 0.5) is 5.69 Å². The molecule has 0 atom stereocenters. The summed E-state index contributed by atoms with van der Waals surface area (Å²) >= 11 is 1.26. The first-order chi connectivity index (χ1) is 12.0. The molecule has 1 aliphatic heterocycles. The topological polar surface area (TPSA) is 99.0 Å². The average molecular weight is 379 g/mol. The zero-order valence-corrected chi connectivity index (χ0v) is 14.7. The molecule has 1 aromatic carbocycles. The lowest BCUT2D eigenvalue weighted by Gasteiger charge is -2.19. The van der Waals surface area contributed by atoms with Crippen LogP contribution >= 0.6 is 11.3 Å². The van der Waals surface area contributed by atoms with Gasteiger partial charge in [0, 0.05) is 17.6 Å². The van der Waals surface area contributed by atoms with E-state index in [1.54, 1.807) is 17.5 Å². The Labute approximate surface area is 146 Å². The van der Waals surface area contributed by atoms with Crippen LogP contribution < -0.4 is 19.8 Å². The first-order valence-corrected chi connectivity index (χ1v) is 9.71. The lowest BCUT2D eigenvalue weighted by Crippen LogP contribution is -2.27. The quantitative estimate of drug-likeness (QED) is 0.743.